The van der Waals surface area contributed by atoms with Crippen LogP contribution in [0.2, 0.25) is 0 Å². The predicted octanol–water partition coefficient (Wildman–Crippen LogP) is 2.80. The maximum absolute atomic E-state index is 11.1. The second-order valence-corrected chi connectivity index (χ2v) is 6.21. The largest absolute Gasteiger partial charge is 0.480 e. The highest BCUT2D eigenvalue weighted by atomic mass is 32.2. The van der Waals surface area contributed by atoms with E-state index in [1.165, 1.54) is 0 Å². The van der Waals surface area contributed by atoms with Gasteiger partial charge in [-0.1, -0.05) is 35.1 Å². The first kappa shape index (κ1) is 15.3. The number of rotatable bonds is 5. The molecule has 23 heavy (non-hydrogen) atoms. The van der Waals surface area contributed by atoms with Crippen LogP contribution in [-0.4, -0.2) is 36.2 Å². The van der Waals surface area contributed by atoms with E-state index in [1.54, 1.807) is 24.5 Å². The summed E-state index contributed by atoms with van der Waals surface area (Å²) < 4.78 is 6.89. The van der Waals surface area contributed by atoms with E-state index in [2.05, 4.69) is 15.4 Å². The van der Waals surface area contributed by atoms with Crippen molar-refractivity contribution in [2.24, 2.45) is 0 Å². The van der Waals surface area contributed by atoms with Crippen molar-refractivity contribution < 1.29 is 14.4 Å². The molecule has 1 atom stereocenters. The fraction of sp³-hybridized carbons (Fsp3) is 0.200. The van der Waals surface area contributed by atoms with E-state index in [-0.39, 0.29) is 0 Å². The molecular formula is C15H14N4O3S. The molecule has 3 rings (SSSR count). The minimum atomic E-state index is -0.906. The molecule has 0 saturated heterocycles. The Morgan fingerprint density at radius 1 is 1.30 bits per heavy atom. The summed E-state index contributed by atoms with van der Waals surface area (Å²) in [5, 5.41) is 21.2. The summed E-state index contributed by atoms with van der Waals surface area (Å²) in [5.74, 6) is 0.264. The fourth-order valence-electron chi connectivity index (χ4n) is 2.00. The molecule has 2 aromatic heterocycles. The van der Waals surface area contributed by atoms with Gasteiger partial charge in [0.05, 0.1) is 0 Å². The van der Waals surface area contributed by atoms with E-state index in [1.807, 2.05) is 30.3 Å². The lowest BCUT2D eigenvalue weighted by atomic mass is 10.3. The van der Waals surface area contributed by atoms with Crippen LogP contribution < -0.4 is 0 Å². The molecule has 1 N–H and O–H groups in total. The molecule has 0 amide bonds. The van der Waals surface area contributed by atoms with Crippen LogP contribution >= 0.6 is 11.8 Å². The minimum Gasteiger partial charge on any atom is -0.480 e. The highest BCUT2D eigenvalue weighted by Crippen LogP contribution is 2.29. The van der Waals surface area contributed by atoms with Crippen molar-refractivity contribution >= 4 is 17.7 Å². The predicted molar refractivity (Wildman–Crippen MR) is 84.5 cm³/mol. The molecule has 3 aromatic rings. The maximum atomic E-state index is 11.1. The average Bonchev–Trinajstić information content (AvgIpc) is 3.14. The topological polar surface area (TPSA) is 94.0 Å². The van der Waals surface area contributed by atoms with Gasteiger partial charge in [0, 0.05) is 11.8 Å². The Morgan fingerprint density at radius 2 is 2.04 bits per heavy atom. The van der Waals surface area contributed by atoms with Crippen molar-refractivity contribution in [1.29, 1.82) is 0 Å². The van der Waals surface area contributed by atoms with Crippen molar-refractivity contribution in [1.82, 2.24) is 19.9 Å². The molecule has 0 bridgehead atoms. The Hall–Kier alpha value is -2.61. The quantitative estimate of drug-likeness (QED) is 0.719. The lowest BCUT2D eigenvalue weighted by Gasteiger charge is -2.10. The van der Waals surface area contributed by atoms with E-state index >= 15 is 0 Å². The van der Waals surface area contributed by atoms with Gasteiger partial charge in [-0.3, -0.25) is 9.36 Å². The average molecular weight is 330 g/mol. The van der Waals surface area contributed by atoms with E-state index in [0.717, 1.165) is 17.4 Å². The highest BCUT2D eigenvalue weighted by molar-refractivity contribution is 8.00. The zero-order valence-corrected chi connectivity index (χ0v) is 13.3. The molecule has 0 aliphatic heterocycles. The van der Waals surface area contributed by atoms with E-state index < -0.39 is 11.2 Å². The van der Waals surface area contributed by atoms with Crippen molar-refractivity contribution in [2.45, 2.75) is 24.3 Å². The maximum Gasteiger partial charge on any atom is 0.316 e. The second kappa shape index (κ2) is 6.25. The van der Waals surface area contributed by atoms with Crippen LogP contribution in [0.4, 0.5) is 0 Å². The van der Waals surface area contributed by atoms with Gasteiger partial charge in [-0.05, 0) is 26.0 Å². The van der Waals surface area contributed by atoms with Crippen LogP contribution in [0.3, 0.4) is 0 Å². The summed E-state index contributed by atoms with van der Waals surface area (Å²) in [4.78, 5) is 11.1. The first-order chi connectivity index (χ1) is 11.1. The van der Waals surface area contributed by atoms with Gasteiger partial charge >= 0.3 is 5.97 Å². The normalized spacial score (nSPS) is 12.3. The lowest BCUT2D eigenvalue weighted by molar-refractivity contribution is -0.136. The monoisotopic (exact) mass is 330 g/mol. The minimum absolute atomic E-state index is 0.488. The molecule has 8 heteroatoms. The molecule has 0 radical (unpaired) electrons. The molecule has 1 aromatic carbocycles. The molecule has 7 nitrogen and oxygen atoms in total. The van der Waals surface area contributed by atoms with E-state index in [4.69, 9.17) is 9.63 Å². The van der Waals surface area contributed by atoms with Gasteiger partial charge in [-0.2, -0.15) is 0 Å². The van der Waals surface area contributed by atoms with Crippen molar-refractivity contribution in [3.8, 4) is 17.2 Å². The third-order valence-electron chi connectivity index (χ3n) is 3.13. The molecule has 0 fully saturated rings. The van der Waals surface area contributed by atoms with Crippen LogP contribution in [0.15, 0.2) is 46.1 Å². The number of hydrogen-bond acceptors (Lipinski definition) is 6. The zero-order chi connectivity index (χ0) is 16.4. The Kier molecular flexibility index (Phi) is 4.16. The van der Waals surface area contributed by atoms with Gasteiger partial charge in [0.1, 0.15) is 11.0 Å². The number of hydrogen-bond donors (Lipinski definition) is 1. The molecular weight excluding hydrogens is 316 g/mol. The summed E-state index contributed by atoms with van der Waals surface area (Å²) in [7, 11) is 0. The Labute approximate surface area is 136 Å². The Morgan fingerprint density at radius 3 is 2.65 bits per heavy atom. The summed E-state index contributed by atoms with van der Waals surface area (Å²) in [6.45, 7) is 3.40. The summed E-state index contributed by atoms with van der Waals surface area (Å²) >= 11 is 1.13. The van der Waals surface area contributed by atoms with E-state index in [0.29, 0.717) is 22.4 Å². The van der Waals surface area contributed by atoms with Crippen molar-refractivity contribution in [2.75, 3.05) is 0 Å². The van der Waals surface area contributed by atoms with Gasteiger partial charge in [0.25, 0.3) is 0 Å². The Bertz CT molecular complexity index is 828. The molecule has 0 saturated carbocycles. The number of aliphatic carboxylic acids is 1. The van der Waals surface area contributed by atoms with E-state index in [9.17, 15) is 4.79 Å². The van der Waals surface area contributed by atoms with Crippen LogP contribution in [0.25, 0.3) is 17.2 Å². The molecule has 118 valence electrons. The Balaban J connectivity index is 2.11. The van der Waals surface area contributed by atoms with Gasteiger partial charge in [-0.15, -0.1) is 10.2 Å². The van der Waals surface area contributed by atoms with Crippen LogP contribution in [0, 0.1) is 6.92 Å². The first-order valence-electron chi connectivity index (χ1n) is 6.90. The molecule has 1 unspecified atom stereocenters. The third kappa shape index (κ3) is 3.11. The second-order valence-electron chi connectivity index (χ2n) is 4.90. The van der Waals surface area contributed by atoms with Crippen molar-refractivity contribution in [3.63, 3.8) is 0 Å². The number of thioether (sulfide) groups is 1. The smallest absolute Gasteiger partial charge is 0.316 e. The highest BCUT2D eigenvalue weighted by Gasteiger charge is 2.22. The summed E-state index contributed by atoms with van der Waals surface area (Å²) in [5.41, 5.74) is 1.38. The number of nitrogens with zero attached hydrogens (tertiary/aromatic N) is 4. The standard InChI is InChI=1S/C15H14N4O3S/c1-9-8-12(18-22-9)13-16-17-15(23-10(2)14(20)21)19(13)11-6-4-3-5-7-11/h3-8,10H,1-2H3,(H,20,21). The number of para-hydroxylation sites is 1. The number of aromatic nitrogens is 4. The first-order valence-corrected chi connectivity index (χ1v) is 7.78. The third-order valence-corrected chi connectivity index (χ3v) is 4.16. The van der Waals surface area contributed by atoms with Crippen LogP contribution in [0.5, 0.6) is 0 Å². The number of carboxylic acids is 1. The molecule has 0 spiro atoms. The van der Waals surface area contributed by atoms with Crippen LogP contribution in [0.1, 0.15) is 12.7 Å². The summed E-state index contributed by atoms with van der Waals surface area (Å²) in [6, 6.07) is 11.2. The van der Waals surface area contributed by atoms with Gasteiger partial charge in [-0.25, -0.2) is 0 Å². The molecule has 2 heterocycles. The molecule has 0 aliphatic rings. The number of carbonyl (C=O) groups is 1. The number of benzene rings is 1. The fourth-order valence-corrected chi connectivity index (χ4v) is 2.80. The lowest BCUT2D eigenvalue weighted by Crippen LogP contribution is -2.12. The zero-order valence-electron chi connectivity index (χ0n) is 12.5. The number of carboxylic acid groups (broad SMARTS) is 1. The summed E-state index contributed by atoms with van der Waals surface area (Å²) in [6.07, 6.45) is 0. The number of aryl methyl sites for hydroxylation is 1. The SMILES string of the molecule is Cc1cc(-c2nnc(SC(C)C(=O)O)n2-c2ccccc2)no1. The van der Waals surface area contributed by atoms with Gasteiger partial charge in [0.2, 0.25) is 0 Å². The van der Waals surface area contributed by atoms with Crippen molar-refractivity contribution in [3.05, 3.63) is 42.2 Å². The van der Waals surface area contributed by atoms with Crippen LogP contribution in [-0.2, 0) is 4.79 Å². The van der Waals surface area contributed by atoms with Gasteiger partial charge in [0.15, 0.2) is 16.7 Å². The van der Waals surface area contributed by atoms with Gasteiger partial charge < -0.3 is 9.63 Å². The molecule has 0 aliphatic carbocycles.